The molecule has 0 fully saturated rings. The Bertz CT molecular complexity index is 1830. The monoisotopic (exact) mass is 667 g/mol. The maximum absolute atomic E-state index is 13.9. The molecule has 2 aromatic heterocycles. The lowest BCUT2D eigenvalue weighted by atomic mass is 9.84. The van der Waals surface area contributed by atoms with Crippen molar-refractivity contribution < 1.29 is 19.1 Å². The lowest BCUT2D eigenvalue weighted by molar-refractivity contribution is -0.142. The number of nitrogens with one attached hydrogen (secondary N) is 2. The summed E-state index contributed by atoms with van der Waals surface area (Å²) in [7, 11) is 3.35. The molecule has 1 aliphatic rings. The van der Waals surface area contributed by atoms with Gasteiger partial charge >= 0.3 is 5.97 Å². The molecule has 0 atom stereocenters. The molecule has 5 rings (SSSR count). The molecule has 0 bridgehead atoms. The number of hydrogen-bond acceptors (Lipinski definition) is 8. The highest BCUT2D eigenvalue weighted by Crippen LogP contribution is 2.36. The fourth-order valence-electron chi connectivity index (χ4n) is 5.70. The summed E-state index contributed by atoms with van der Waals surface area (Å²) in [4.78, 5) is 45.4. The van der Waals surface area contributed by atoms with Crippen molar-refractivity contribution in [3.05, 3.63) is 105 Å². The van der Waals surface area contributed by atoms with Crippen molar-refractivity contribution in [3.8, 4) is 11.1 Å². The lowest BCUT2D eigenvalue weighted by Gasteiger charge is -2.32. The van der Waals surface area contributed by atoms with Crippen LogP contribution in [0.5, 0.6) is 0 Å². The third kappa shape index (κ3) is 9.01. The van der Waals surface area contributed by atoms with Gasteiger partial charge in [-0.3, -0.25) is 14.4 Å². The smallest absolute Gasteiger partial charge is 0.302 e. The Kier molecular flexibility index (Phi) is 12.5. The van der Waals surface area contributed by atoms with Gasteiger partial charge in [-0.05, 0) is 58.4 Å². The van der Waals surface area contributed by atoms with Crippen LogP contribution in [0, 0.1) is 0 Å². The number of aryl methyl sites for hydroxylation is 1. The van der Waals surface area contributed by atoms with Crippen LogP contribution in [-0.4, -0.2) is 48.2 Å². The predicted molar refractivity (Wildman–Crippen MR) is 196 cm³/mol. The van der Waals surface area contributed by atoms with Gasteiger partial charge < -0.3 is 29.6 Å². The number of esters is 1. The first kappa shape index (κ1) is 37.0. The van der Waals surface area contributed by atoms with Crippen LogP contribution in [0.15, 0.2) is 71.8 Å². The van der Waals surface area contributed by atoms with Gasteiger partial charge in [-0.2, -0.15) is 0 Å². The fourth-order valence-corrected chi connectivity index (χ4v) is 5.70. The van der Waals surface area contributed by atoms with E-state index in [0.29, 0.717) is 54.4 Å². The van der Waals surface area contributed by atoms with Crippen LogP contribution in [0.1, 0.15) is 74.2 Å². The maximum Gasteiger partial charge on any atom is 0.302 e. The Labute approximate surface area is 289 Å². The Balaban J connectivity index is 0.00000265. The van der Waals surface area contributed by atoms with Crippen molar-refractivity contribution in [2.24, 2.45) is 7.05 Å². The molecule has 260 valence electrons. The van der Waals surface area contributed by atoms with Crippen molar-refractivity contribution >= 4 is 29.1 Å². The summed E-state index contributed by atoms with van der Waals surface area (Å²) in [6.45, 7) is 14.3. The molecule has 0 spiro atoms. The quantitative estimate of drug-likeness (QED) is 0.137. The van der Waals surface area contributed by atoms with Crippen LogP contribution in [0.4, 0.5) is 17.2 Å². The molecule has 2 aromatic carbocycles. The van der Waals surface area contributed by atoms with Gasteiger partial charge in [-0.1, -0.05) is 65.0 Å². The number of aromatic nitrogens is 2. The summed E-state index contributed by atoms with van der Waals surface area (Å²) in [6.07, 6.45) is 4.20. The molecule has 3 heterocycles. The highest BCUT2D eigenvalue weighted by atomic mass is 16.5. The van der Waals surface area contributed by atoms with Gasteiger partial charge in [0.15, 0.2) is 0 Å². The van der Waals surface area contributed by atoms with E-state index in [1.165, 1.54) is 17.1 Å². The number of nitrogens with zero attached hydrogens (tertiary/aromatic N) is 3. The first-order valence-corrected chi connectivity index (χ1v) is 16.8. The Hall–Kier alpha value is -4.80. The van der Waals surface area contributed by atoms with Crippen LogP contribution in [0.2, 0.25) is 0 Å². The number of ether oxygens (including phenoxy) is 2. The summed E-state index contributed by atoms with van der Waals surface area (Å²) in [6, 6.07) is 17.3. The van der Waals surface area contributed by atoms with E-state index in [9.17, 15) is 14.4 Å². The number of carbonyl (C=O) groups excluding carboxylic acids is 2. The van der Waals surface area contributed by atoms with Crippen LogP contribution in [-0.2, 0) is 46.3 Å². The zero-order chi connectivity index (χ0) is 35.7. The molecule has 0 aliphatic carbocycles. The van der Waals surface area contributed by atoms with Crippen molar-refractivity contribution in [1.82, 2.24) is 14.9 Å². The van der Waals surface area contributed by atoms with Gasteiger partial charge in [0.2, 0.25) is 0 Å². The molecule has 10 heteroatoms. The molecule has 0 radical (unpaired) electrons. The number of carbonyl (C=O) groups is 2. The Morgan fingerprint density at radius 2 is 1.80 bits per heavy atom. The fraction of sp³-hybridized carbons (Fsp3) is 0.385. The second kappa shape index (κ2) is 16.5. The SMILES string of the molecule is CC.COCCNCc1ccc(Nc2cc(-c3cccc(N4CCc5cc(C(C)(C)C)ccc5C4=O)c3COC(C)=O)cn(C)c2=O)nc1. The number of rotatable bonds is 11. The number of fused-ring (bicyclic) bond motifs is 1. The van der Waals surface area contributed by atoms with E-state index >= 15 is 0 Å². The van der Waals surface area contributed by atoms with Gasteiger partial charge in [0.25, 0.3) is 11.5 Å². The molecule has 0 unspecified atom stereocenters. The van der Waals surface area contributed by atoms with E-state index < -0.39 is 5.97 Å². The van der Waals surface area contributed by atoms with E-state index in [-0.39, 0.29) is 23.5 Å². The number of methoxy groups -OCH3 is 1. The zero-order valence-electron chi connectivity index (χ0n) is 30.0. The summed E-state index contributed by atoms with van der Waals surface area (Å²) < 4.78 is 12.1. The van der Waals surface area contributed by atoms with Crippen molar-refractivity contribution in [2.75, 3.05) is 37.0 Å². The third-order valence-corrected chi connectivity index (χ3v) is 8.31. The number of benzene rings is 2. The average Bonchev–Trinajstić information content (AvgIpc) is 3.09. The molecule has 1 amide bonds. The third-order valence-electron chi connectivity index (χ3n) is 8.31. The molecule has 0 saturated carbocycles. The predicted octanol–water partition coefficient (Wildman–Crippen LogP) is 6.52. The van der Waals surface area contributed by atoms with Crippen LogP contribution >= 0.6 is 0 Å². The minimum Gasteiger partial charge on any atom is -0.461 e. The van der Waals surface area contributed by atoms with Crippen LogP contribution in [0.3, 0.4) is 0 Å². The minimum absolute atomic E-state index is 0.0225. The molecule has 0 saturated heterocycles. The first-order valence-electron chi connectivity index (χ1n) is 16.8. The molecular weight excluding hydrogens is 618 g/mol. The highest BCUT2D eigenvalue weighted by Gasteiger charge is 2.29. The van der Waals surface area contributed by atoms with E-state index in [0.717, 1.165) is 28.8 Å². The van der Waals surface area contributed by atoms with Gasteiger partial charge in [-0.25, -0.2) is 4.98 Å². The Morgan fingerprint density at radius 1 is 1.02 bits per heavy atom. The molecular formula is C39H49N5O5. The second-order valence-corrected chi connectivity index (χ2v) is 12.8. The summed E-state index contributed by atoms with van der Waals surface area (Å²) in [5.41, 5.74) is 6.80. The van der Waals surface area contributed by atoms with E-state index in [1.807, 2.05) is 56.3 Å². The van der Waals surface area contributed by atoms with Gasteiger partial charge in [0.1, 0.15) is 18.1 Å². The summed E-state index contributed by atoms with van der Waals surface area (Å²) >= 11 is 0. The van der Waals surface area contributed by atoms with E-state index in [2.05, 4.69) is 42.5 Å². The van der Waals surface area contributed by atoms with E-state index in [1.54, 1.807) is 37.5 Å². The van der Waals surface area contributed by atoms with Crippen LogP contribution < -0.4 is 21.1 Å². The number of anilines is 3. The molecule has 2 N–H and O–H groups in total. The summed E-state index contributed by atoms with van der Waals surface area (Å²) in [5.74, 6) is 0.00200. The topological polar surface area (TPSA) is 115 Å². The van der Waals surface area contributed by atoms with E-state index in [4.69, 9.17) is 9.47 Å². The molecule has 1 aliphatic heterocycles. The zero-order valence-corrected chi connectivity index (χ0v) is 30.0. The molecule has 49 heavy (non-hydrogen) atoms. The van der Waals surface area contributed by atoms with Gasteiger partial charge in [0, 0.05) is 69.8 Å². The number of hydrogen-bond donors (Lipinski definition) is 2. The Morgan fingerprint density at radius 3 is 2.47 bits per heavy atom. The second-order valence-electron chi connectivity index (χ2n) is 12.8. The standard InChI is InChI=1S/C37H43N5O5.C2H6/c1-24(43)47-23-31-29(8-7-9-33(31)42-16-14-26-18-28(37(2,3)4)11-12-30(26)35(42)44)27-19-32(36(45)41(5)22-27)40-34-13-10-25(21-39-34)20-38-15-17-46-6;1-2/h7-13,18-19,21-22,38H,14-17,20,23H2,1-6H3,(H,39,40);1-2H3. The van der Waals surface area contributed by atoms with Gasteiger partial charge in [-0.15, -0.1) is 0 Å². The van der Waals surface area contributed by atoms with Gasteiger partial charge in [0.05, 0.1) is 12.3 Å². The van der Waals surface area contributed by atoms with Crippen molar-refractivity contribution in [1.29, 1.82) is 0 Å². The number of amides is 1. The van der Waals surface area contributed by atoms with Crippen LogP contribution in [0.25, 0.3) is 11.1 Å². The normalized spacial score (nSPS) is 12.6. The molecule has 4 aromatic rings. The first-order chi connectivity index (χ1) is 23.5. The van der Waals surface area contributed by atoms with Crippen molar-refractivity contribution in [3.63, 3.8) is 0 Å². The highest BCUT2D eigenvalue weighted by molar-refractivity contribution is 6.09. The largest absolute Gasteiger partial charge is 0.461 e. The average molecular weight is 668 g/mol. The minimum atomic E-state index is -0.429. The van der Waals surface area contributed by atoms with Crippen molar-refractivity contribution in [2.45, 2.75) is 66.5 Å². The summed E-state index contributed by atoms with van der Waals surface area (Å²) in [5, 5.41) is 6.46. The maximum atomic E-state index is 13.9. The molecule has 10 nitrogen and oxygen atoms in total. The number of pyridine rings is 2. The lowest BCUT2D eigenvalue weighted by Crippen LogP contribution is -2.38.